The monoisotopic (exact) mass is 408 g/mol. The number of nitrogens with zero attached hydrogens (tertiary/aromatic N) is 1. The molecule has 7 heteroatoms. The number of hydrogen-bond donors (Lipinski definition) is 1. The average molecular weight is 408 g/mol. The molecule has 1 amide bonds. The van der Waals surface area contributed by atoms with Gasteiger partial charge >= 0.3 is 0 Å². The number of rotatable bonds is 10. The van der Waals surface area contributed by atoms with Crippen molar-refractivity contribution in [3.63, 3.8) is 0 Å². The number of carbonyl (C=O) groups excluding carboxylic acids is 1. The molecular weight excluding hydrogens is 384 g/mol. The fraction of sp³-hybridized carbons (Fsp3) is 0.217. The second-order valence-electron chi connectivity index (χ2n) is 6.23. The molecule has 0 spiro atoms. The van der Waals surface area contributed by atoms with Gasteiger partial charge in [-0.05, 0) is 37.3 Å². The zero-order chi connectivity index (χ0) is 21.2. The number of para-hydroxylation sites is 2. The molecule has 0 unspecified atom stereocenters. The molecule has 1 N–H and O–H groups in total. The van der Waals surface area contributed by atoms with Crippen molar-refractivity contribution < 1.29 is 23.7 Å². The summed E-state index contributed by atoms with van der Waals surface area (Å²) in [6.07, 6.45) is 3.44. The van der Waals surface area contributed by atoms with E-state index in [1.807, 2.05) is 31.2 Å². The van der Waals surface area contributed by atoms with Gasteiger partial charge in [0.1, 0.15) is 6.61 Å². The van der Waals surface area contributed by atoms with Gasteiger partial charge < -0.3 is 24.3 Å². The molecular formula is C23H24N2O5. The molecule has 156 valence electrons. The molecule has 3 rings (SSSR count). The Hall–Kier alpha value is -3.74. The van der Waals surface area contributed by atoms with Crippen LogP contribution < -0.4 is 24.3 Å². The highest BCUT2D eigenvalue weighted by molar-refractivity contribution is 5.92. The van der Waals surface area contributed by atoms with Crippen molar-refractivity contribution >= 4 is 11.6 Å². The number of methoxy groups -OCH3 is 1. The number of nitrogens with one attached hydrogen (secondary N) is 1. The number of carbonyl (C=O) groups is 1. The Morgan fingerprint density at radius 2 is 1.73 bits per heavy atom. The van der Waals surface area contributed by atoms with Crippen LogP contribution in [0.3, 0.4) is 0 Å². The smallest absolute Gasteiger partial charge is 0.262 e. The normalized spacial score (nSPS) is 10.2. The summed E-state index contributed by atoms with van der Waals surface area (Å²) < 4.78 is 22.3. The maximum Gasteiger partial charge on any atom is 0.262 e. The first-order valence-corrected chi connectivity index (χ1v) is 9.53. The minimum Gasteiger partial charge on any atom is -0.493 e. The summed E-state index contributed by atoms with van der Waals surface area (Å²) in [7, 11) is 1.56. The first kappa shape index (κ1) is 21.0. The second-order valence-corrected chi connectivity index (χ2v) is 6.23. The zero-order valence-electron chi connectivity index (χ0n) is 17.0. The molecule has 0 atom stereocenters. The summed E-state index contributed by atoms with van der Waals surface area (Å²) in [5.74, 6) is 1.90. The highest BCUT2D eigenvalue weighted by atomic mass is 16.5. The molecule has 1 heterocycles. The summed E-state index contributed by atoms with van der Waals surface area (Å²) >= 11 is 0. The van der Waals surface area contributed by atoms with E-state index in [0.717, 1.165) is 5.56 Å². The summed E-state index contributed by atoms with van der Waals surface area (Å²) in [5, 5.41) is 2.80. The van der Waals surface area contributed by atoms with Gasteiger partial charge in [-0.1, -0.05) is 18.2 Å². The van der Waals surface area contributed by atoms with Crippen LogP contribution in [0.25, 0.3) is 0 Å². The largest absolute Gasteiger partial charge is 0.493 e. The summed E-state index contributed by atoms with van der Waals surface area (Å²) in [4.78, 5) is 16.4. The summed E-state index contributed by atoms with van der Waals surface area (Å²) in [6.45, 7) is 2.59. The maximum absolute atomic E-state index is 12.3. The summed E-state index contributed by atoms with van der Waals surface area (Å²) in [5.41, 5.74) is 1.50. The third kappa shape index (κ3) is 5.88. The number of amides is 1. The Morgan fingerprint density at radius 3 is 2.43 bits per heavy atom. The molecule has 0 bridgehead atoms. The maximum atomic E-state index is 12.3. The number of ether oxygens (including phenoxy) is 4. The molecule has 0 radical (unpaired) electrons. The molecule has 1 aromatic heterocycles. The van der Waals surface area contributed by atoms with Gasteiger partial charge in [0.05, 0.1) is 13.7 Å². The lowest BCUT2D eigenvalue weighted by Gasteiger charge is -2.14. The van der Waals surface area contributed by atoms with Crippen LogP contribution in [-0.2, 0) is 11.4 Å². The number of aromatic nitrogens is 1. The molecule has 0 aliphatic heterocycles. The highest BCUT2D eigenvalue weighted by Gasteiger charge is 2.11. The average Bonchev–Trinajstić information content (AvgIpc) is 2.78. The van der Waals surface area contributed by atoms with E-state index in [1.54, 1.807) is 49.8 Å². The molecule has 3 aromatic rings. The quantitative estimate of drug-likeness (QED) is 0.544. The SMILES string of the molecule is CCOc1ccccc1OCC(=O)Nc1ccc(OC)c(OCc2cccnc2)c1. The standard InChI is InChI=1S/C23H24N2O5/c1-3-28-20-8-4-5-9-21(20)30-16-23(26)25-18-10-11-19(27-2)22(13-18)29-15-17-7-6-12-24-14-17/h4-14H,3,15-16H2,1-2H3,(H,25,26). The van der Waals surface area contributed by atoms with Gasteiger partial charge in [0, 0.05) is 29.7 Å². The van der Waals surface area contributed by atoms with Crippen LogP contribution in [0.15, 0.2) is 67.0 Å². The predicted molar refractivity (Wildman–Crippen MR) is 113 cm³/mol. The minimum absolute atomic E-state index is 0.151. The van der Waals surface area contributed by atoms with Gasteiger partial charge in [-0.2, -0.15) is 0 Å². The van der Waals surface area contributed by atoms with Gasteiger partial charge in [0.25, 0.3) is 5.91 Å². The van der Waals surface area contributed by atoms with Crippen molar-refractivity contribution in [2.75, 3.05) is 25.6 Å². The molecule has 0 aliphatic carbocycles. The van der Waals surface area contributed by atoms with Crippen molar-refractivity contribution in [1.82, 2.24) is 4.98 Å². The lowest BCUT2D eigenvalue weighted by molar-refractivity contribution is -0.118. The van der Waals surface area contributed by atoms with Crippen LogP contribution in [-0.4, -0.2) is 31.2 Å². The molecule has 0 fully saturated rings. The van der Waals surface area contributed by atoms with E-state index in [1.165, 1.54) is 0 Å². The molecule has 0 saturated carbocycles. The van der Waals surface area contributed by atoms with Crippen LogP contribution in [0, 0.1) is 0 Å². The minimum atomic E-state index is -0.301. The summed E-state index contributed by atoms with van der Waals surface area (Å²) in [6, 6.07) is 16.2. The molecule has 0 aliphatic rings. The van der Waals surface area contributed by atoms with Crippen LogP contribution >= 0.6 is 0 Å². The van der Waals surface area contributed by atoms with Crippen molar-refractivity contribution in [2.24, 2.45) is 0 Å². The van der Waals surface area contributed by atoms with E-state index in [-0.39, 0.29) is 12.5 Å². The predicted octanol–water partition coefficient (Wildman–Crippen LogP) is 4.09. The van der Waals surface area contributed by atoms with Crippen LogP contribution in [0.5, 0.6) is 23.0 Å². The van der Waals surface area contributed by atoms with Gasteiger partial charge in [-0.3, -0.25) is 9.78 Å². The Labute approximate surface area is 175 Å². The Balaban J connectivity index is 1.61. The van der Waals surface area contributed by atoms with Gasteiger partial charge in [-0.15, -0.1) is 0 Å². The molecule has 2 aromatic carbocycles. The van der Waals surface area contributed by atoms with Crippen LogP contribution in [0.2, 0.25) is 0 Å². The fourth-order valence-electron chi connectivity index (χ4n) is 2.70. The Morgan fingerprint density at radius 1 is 0.933 bits per heavy atom. The number of benzene rings is 2. The van der Waals surface area contributed by atoms with Crippen molar-refractivity contribution in [2.45, 2.75) is 13.5 Å². The van der Waals surface area contributed by atoms with Gasteiger partial charge in [-0.25, -0.2) is 0 Å². The van der Waals surface area contributed by atoms with Crippen LogP contribution in [0.1, 0.15) is 12.5 Å². The first-order chi connectivity index (χ1) is 14.7. The third-order valence-corrected chi connectivity index (χ3v) is 4.07. The van der Waals surface area contributed by atoms with Crippen molar-refractivity contribution in [1.29, 1.82) is 0 Å². The second kappa shape index (κ2) is 10.7. The lowest BCUT2D eigenvalue weighted by Crippen LogP contribution is -2.20. The number of anilines is 1. The van der Waals surface area contributed by atoms with E-state index in [0.29, 0.717) is 41.9 Å². The topological polar surface area (TPSA) is 78.9 Å². The van der Waals surface area contributed by atoms with Crippen molar-refractivity contribution in [3.05, 3.63) is 72.6 Å². The van der Waals surface area contributed by atoms with E-state index in [9.17, 15) is 4.79 Å². The van der Waals surface area contributed by atoms with E-state index in [4.69, 9.17) is 18.9 Å². The van der Waals surface area contributed by atoms with Gasteiger partial charge in [0.15, 0.2) is 29.6 Å². The van der Waals surface area contributed by atoms with Gasteiger partial charge in [0.2, 0.25) is 0 Å². The zero-order valence-corrected chi connectivity index (χ0v) is 17.0. The van der Waals surface area contributed by atoms with Crippen LogP contribution in [0.4, 0.5) is 5.69 Å². The van der Waals surface area contributed by atoms with E-state index >= 15 is 0 Å². The van der Waals surface area contributed by atoms with E-state index in [2.05, 4.69) is 10.3 Å². The number of hydrogen-bond acceptors (Lipinski definition) is 6. The molecule has 0 saturated heterocycles. The first-order valence-electron chi connectivity index (χ1n) is 9.53. The third-order valence-electron chi connectivity index (χ3n) is 4.07. The van der Waals surface area contributed by atoms with E-state index < -0.39 is 0 Å². The molecule has 7 nitrogen and oxygen atoms in total. The Kier molecular flexibility index (Phi) is 7.49. The fourth-order valence-corrected chi connectivity index (χ4v) is 2.70. The number of pyridine rings is 1. The lowest BCUT2D eigenvalue weighted by atomic mass is 10.2. The van der Waals surface area contributed by atoms with Crippen molar-refractivity contribution in [3.8, 4) is 23.0 Å². The molecule has 30 heavy (non-hydrogen) atoms. The highest BCUT2D eigenvalue weighted by Crippen LogP contribution is 2.31. The Bertz CT molecular complexity index is 963.